The highest BCUT2D eigenvalue weighted by Crippen LogP contribution is 2.28. The molecule has 1 nitrogen and oxygen atoms in total. The van der Waals surface area contributed by atoms with E-state index < -0.39 is 0 Å². The lowest BCUT2D eigenvalue weighted by molar-refractivity contribution is 0.586. The fourth-order valence-corrected chi connectivity index (χ4v) is 2.02. The molecule has 0 heterocycles. The van der Waals surface area contributed by atoms with Crippen molar-refractivity contribution in [1.29, 1.82) is 0 Å². The van der Waals surface area contributed by atoms with E-state index in [1.165, 1.54) is 22.3 Å². The van der Waals surface area contributed by atoms with E-state index in [1.807, 2.05) is 6.21 Å². The fraction of sp³-hybridized carbons (Fsp3) is 0.353. The molecular formula is C17H21N. The zero-order valence-corrected chi connectivity index (χ0v) is 11.7. The summed E-state index contributed by atoms with van der Waals surface area (Å²) in [5.41, 5.74) is 5.24. The van der Waals surface area contributed by atoms with Gasteiger partial charge in [0.15, 0.2) is 0 Å². The second-order valence-corrected chi connectivity index (χ2v) is 5.84. The summed E-state index contributed by atoms with van der Waals surface area (Å²) in [6.07, 6.45) is 7.58. The van der Waals surface area contributed by atoms with Gasteiger partial charge in [-0.3, -0.25) is 4.99 Å². The van der Waals surface area contributed by atoms with Gasteiger partial charge in [-0.2, -0.15) is 0 Å². The van der Waals surface area contributed by atoms with E-state index >= 15 is 0 Å². The minimum absolute atomic E-state index is 0.0225. The van der Waals surface area contributed by atoms with E-state index in [0.29, 0.717) is 0 Å². The lowest BCUT2D eigenvalue weighted by atomic mass is 9.99. The number of aliphatic imine (C=N–C) groups is 1. The van der Waals surface area contributed by atoms with Gasteiger partial charge in [-0.25, -0.2) is 0 Å². The summed E-state index contributed by atoms with van der Waals surface area (Å²) in [7, 11) is 0. The molecule has 1 aliphatic rings. The van der Waals surface area contributed by atoms with Gasteiger partial charge in [-0.05, 0) is 50.8 Å². The Labute approximate surface area is 110 Å². The van der Waals surface area contributed by atoms with Crippen LogP contribution in [-0.4, -0.2) is 11.8 Å². The summed E-state index contributed by atoms with van der Waals surface area (Å²) in [5, 5.41) is 0. The third-order valence-corrected chi connectivity index (χ3v) is 2.94. The molecule has 0 aliphatic heterocycles. The predicted octanol–water partition coefficient (Wildman–Crippen LogP) is 4.64. The summed E-state index contributed by atoms with van der Waals surface area (Å²) in [4.78, 5) is 4.61. The van der Waals surface area contributed by atoms with Crippen LogP contribution in [0, 0.1) is 0 Å². The molecule has 1 aromatic carbocycles. The Morgan fingerprint density at radius 3 is 2.50 bits per heavy atom. The van der Waals surface area contributed by atoms with Crippen LogP contribution in [0.15, 0.2) is 47.0 Å². The first-order valence-electron chi connectivity index (χ1n) is 6.48. The largest absolute Gasteiger partial charge is 0.287 e. The Morgan fingerprint density at radius 1 is 1.17 bits per heavy atom. The Hall–Kier alpha value is -1.63. The molecule has 1 aromatic rings. The van der Waals surface area contributed by atoms with Crippen molar-refractivity contribution in [2.75, 3.05) is 0 Å². The van der Waals surface area contributed by atoms with Crippen molar-refractivity contribution in [1.82, 2.24) is 0 Å². The molecule has 0 radical (unpaired) electrons. The highest BCUT2D eigenvalue weighted by molar-refractivity contribution is 5.90. The van der Waals surface area contributed by atoms with E-state index in [9.17, 15) is 0 Å². The van der Waals surface area contributed by atoms with Crippen molar-refractivity contribution in [3.05, 3.63) is 53.1 Å². The molecule has 0 saturated heterocycles. The van der Waals surface area contributed by atoms with Gasteiger partial charge in [-0.15, -0.1) is 0 Å². The molecule has 0 spiro atoms. The fourth-order valence-electron chi connectivity index (χ4n) is 2.02. The van der Waals surface area contributed by atoms with Crippen LogP contribution in [-0.2, 0) is 0 Å². The Morgan fingerprint density at radius 2 is 1.89 bits per heavy atom. The second-order valence-electron chi connectivity index (χ2n) is 5.84. The summed E-state index contributed by atoms with van der Waals surface area (Å²) in [5.74, 6) is 0. The third-order valence-electron chi connectivity index (χ3n) is 2.94. The second kappa shape index (κ2) is 4.93. The first kappa shape index (κ1) is 12.8. The summed E-state index contributed by atoms with van der Waals surface area (Å²) in [6, 6.07) is 8.49. The quantitative estimate of drug-likeness (QED) is 0.667. The first-order valence-corrected chi connectivity index (χ1v) is 6.48. The molecule has 2 rings (SSSR count). The molecule has 0 saturated carbocycles. The number of hydrogen-bond acceptors (Lipinski definition) is 1. The van der Waals surface area contributed by atoms with Gasteiger partial charge < -0.3 is 0 Å². The molecule has 0 unspecified atom stereocenters. The van der Waals surface area contributed by atoms with Gasteiger partial charge >= 0.3 is 0 Å². The number of rotatable bonds is 2. The number of hydrogen-bond donors (Lipinski definition) is 0. The monoisotopic (exact) mass is 239 g/mol. The lowest BCUT2D eigenvalue weighted by Crippen LogP contribution is -2.10. The summed E-state index contributed by atoms with van der Waals surface area (Å²) in [6.45, 7) is 8.50. The van der Waals surface area contributed by atoms with Gasteiger partial charge in [-0.1, -0.05) is 42.0 Å². The Kier molecular flexibility index (Phi) is 3.51. The van der Waals surface area contributed by atoms with Crippen LogP contribution in [0.1, 0.15) is 45.2 Å². The molecule has 0 fully saturated rings. The minimum Gasteiger partial charge on any atom is -0.287 e. The van der Waals surface area contributed by atoms with Crippen LogP contribution < -0.4 is 0 Å². The molecule has 1 heteroatoms. The maximum Gasteiger partial charge on any atom is 0.0524 e. The molecule has 1 aliphatic carbocycles. The smallest absolute Gasteiger partial charge is 0.0524 e. The molecule has 94 valence electrons. The zero-order valence-electron chi connectivity index (χ0n) is 11.7. The highest BCUT2D eigenvalue weighted by Gasteiger charge is 2.10. The van der Waals surface area contributed by atoms with Gasteiger partial charge in [0, 0.05) is 6.21 Å². The van der Waals surface area contributed by atoms with Crippen molar-refractivity contribution in [2.24, 2.45) is 4.99 Å². The van der Waals surface area contributed by atoms with Crippen LogP contribution in [0.5, 0.6) is 0 Å². The minimum atomic E-state index is -0.0225. The van der Waals surface area contributed by atoms with Gasteiger partial charge in [0.25, 0.3) is 0 Å². The zero-order chi connectivity index (χ0) is 13.2. The van der Waals surface area contributed by atoms with Gasteiger partial charge in [0.05, 0.1) is 5.54 Å². The molecule has 0 aromatic heterocycles. The van der Waals surface area contributed by atoms with Crippen molar-refractivity contribution in [3.63, 3.8) is 0 Å². The van der Waals surface area contributed by atoms with Crippen molar-refractivity contribution < 1.29 is 0 Å². The summed E-state index contributed by atoms with van der Waals surface area (Å²) < 4.78 is 0. The van der Waals surface area contributed by atoms with Crippen molar-refractivity contribution in [2.45, 2.75) is 39.7 Å². The van der Waals surface area contributed by atoms with Gasteiger partial charge in [0.1, 0.15) is 0 Å². The van der Waals surface area contributed by atoms with Crippen LogP contribution in [0.4, 0.5) is 0 Å². The Balaban J connectivity index is 2.33. The topological polar surface area (TPSA) is 12.4 Å². The molecule has 0 amide bonds. The maximum atomic E-state index is 4.61. The maximum absolute atomic E-state index is 4.61. The SMILES string of the molecule is CC1=CCC(c2ccccc2C=NC(C)(C)C)=C1. The highest BCUT2D eigenvalue weighted by atomic mass is 14.8. The first-order chi connectivity index (χ1) is 8.46. The number of nitrogens with zero attached hydrogens (tertiary/aromatic N) is 1. The van der Waals surface area contributed by atoms with Crippen LogP contribution in [0.25, 0.3) is 5.57 Å². The normalized spacial score (nSPS) is 16.0. The number of allylic oxidation sites excluding steroid dienone is 4. The molecule has 18 heavy (non-hydrogen) atoms. The lowest BCUT2D eigenvalue weighted by Gasteiger charge is -2.12. The van der Waals surface area contributed by atoms with E-state index in [1.54, 1.807) is 0 Å². The van der Waals surface area contributed by atoms with Crippen LogP contribution >= 0.6 is 0 Å². The third kappa shape index (κ3) is 3.19. The Bertz CT molecular complexity index is 525. The average Bonchev–Trinajstić information content (AvgIpc) is 2.72. The van der Waals surface area contributed by atoms with E-state index in [0.717, 1.165) is 6.42 Å². The van der Waals surface area contributed by atoms with Crippen LogP contribution in [0.3, 0.4) is 0 Å². The molecular weight excluding hydrogens is 218 g/mol. The molecule has 0 bridgehead atoms. The van der Waals surface area contributed by atoms with Gasteiger partial charge in [0.2, 0.25) is 0 Å². The molecule has 0 N–H and O–H groups in total. The van der Waals surface area contributed by atoms with Crippen molar-refractivity contribution in [3.8, 4) is 0 Å². The average molecular weight is 239 g/mol. The predicted molar refractivity (Wildman–Crippen MR) is 80.1 cm³/mol. The summed E-state index contributed by atoms with van der Waals surface area (Å²) >= 11 is 0. The van der Waals surface area contributed by atoms with Crippen molar-refractivity contribution >= 4 is 11.8 Å². The van der Waals surface area contributed by atoms with E-state index in [-0.39, 0.29) is 5.54 Å². The van der Waals surface area contributed by atoms with Crippen LogP contribution in [0.2, 0.25) is 0 Å². The standard InChI is InChI=1S/C17H21N/c1-13-9-10-14(11-13)16-8-6-5-7-15(16)12-18-17(2,3)4/h5-9,11-12H,10H2,1-4H3. The van der Waals surface area contributed by atoms with E-state index in [2.05, 4.69) is 69.1 Å². The van der Waals surface area contributed by atoms with E-state index in [4.69, 9.17) is 0 Å². The number of benzene rings is 1. The molecule has 0 atom stereocenters.